The first-order chi connectivity index (χ1) is 18.5. The van der Waals surface area contributed by atoms with Crippen molar-refractivity contribution < 1.29 is 28.9 Å². The summed E-state index contributed by atoms with van der Waals surface area (Å²) in [6.07, 6.45) is 3.22. The van der Waals surface area contributed by atoms with Crippen LogP contribution in [0.4, 0.5) is 0 Å². The predicted molar refractivity (Wildman–Crippen MR) is 153 cm³/mol. The number of rotatable bonds is 13. The van der Waals surface area contributed by atoms with E-state index in [1.54, 1.807) is 37.4 Å². The molecule has 0 bridgehead atoms. The molecule has 3 rings (SSSR count). The Hall–Kier alpha value is -3.80. The largest absolute Gasteiger partial charge is 0.508 e. The predicted octanol–water partition coefficient (Wildman–Crippen LogP) is 7.51. The molecule has 0 amide bonds. The standard InChI is InChI=1S/C33H40O6/c1-32(2,20-12-18-30(35)38-24-14-8-6-9-15-24)26-23-29(37-5)27(22-28(26)34)33(3,4)21-13-19-31(36)39-25-16-10-7-11-17-25/h6-11,14-17,22-23,34H,12-13,18-21H2,1-5H3. The fourth-order valence-corrected chi connectivity index (χ4v) is 4.77. The van der Waals surface area contributed by atoms with Crippen molar-refractivity contribution in [2.24, 2.45) is 0 Å². The van der Waals surface area contributed by atoms with Gasteiger partial charge in [-0.15, -0.1) is 0 Å². The van der Waals surface area contributed by atoms with Crippen LogP contribution in [0.3, 0.4) is 0 Å². The molecular weight excluding hydrogens is 492 g/mol. The Labute approximate surface area is 231 Å². The Morgan fingerprint density at radius 1 is 0.692 bits per heavy atom. The molecule has 6 nitrogen and oxygen atoms in total. The molecule has 0 saturated carbocycles. The molecule has 0 spiro atoms. The van der Waals surface area contributed by atoms with Crippen LogP contribution in [0.5, 0.6) is 23.0 Å². The van der Waals surface area contributed by atoms with E-state index in [2.05, 4.69) is 13.8 Å². The van der Waals surface area contributed by atoms with E-state index in [0.29, 0.717) is 49.4 Å². The van der Waals surface area contributed by atoms with Crippen LogP contribution in [0, 0.1) is 0 Å². The molecule has 0 fully saturated rings. The highest BCUT2D eigenvalue weighted by Gasteiger charge is 2.30. The van der Waals surface area contributed by atoms with Crippen molar-refractivity contribution in [2.75, 3.05) is 7.11 Å². The lowest BCUT2D eigenvalue weighted by atomic mass is 9.75. The lowest BCUT2D eigenvalue weighted by Crippen LogP contribution is -2.22. The molecule has 0 atom stereocenters. The summed E-state index contributed by atoms with van der Waals surface area (Å²) in [5.41, 5.74) is 0.903. The summed E-state index contributed by atoms with van der Waals surface area (Å²) in [5.74, 6) is 1.42. The fraction of sp³-hybridized carbons (Fsp3) is 0.394. The second-order valence-electron chi connectivity index (χ2n) is 11.1. The Bertz CT molecular complexity index is 1230. The number of aromatic hydroxyl groups is 1. The molecule has 1 N–H and O–H groups in total. The van der Waals surface area contributed by atoms with Gasteiger partial charge in [-0.25, -0.2) is 0 Å². The van der Waals surface area contributed by atoms with Crippen LogP contribution in [-0.2, 0) is 20.4 Å². The third kappa shape index (κ3) is 8.60. The molecule has 0 unspecified atom stereocenters. The molecule has 208 valence electrons. The molecule has 0 aromatic heterocycles. The van der Waals surface area contributed by atoms with Crippen LogP contribution in [0.1, 0.15) is 77.3 Å². The number of phenols is 1. The van der Waals surface area contributed by atoms with Gasteiger partial charge in [0.1, 0.15) is 23.0 Å². The molecule has 0 aliphatic rings. The van der Waals surface area contributed by atoms with E-state index in [9.17, 15) is 14.7 Å². The maximum absolute atomic E-state index is 12.3. The van der Waals surface area contributed by atoms with Gasteiger partial charge in [-0.1, -0.05) is 64.1 Å². The molecule has 0 aliphatic heterocycles. The molecule has 3 aromatic carbocycles. The summed E-state index contributed by atoms with van der Waals surface area (Å²) in [7, 11) is 1.62. The van der Waals surface area contributed by atoms with E-state index in [1.807, 2.05) is 56.3 Å². The normalized spacial score (nSPS) is 11.6. The second-order valence-corrected chi connectivity index (χ2v) is 11.1. The van der Waals surface area contributed by atoms with E-state index < -0.39 is 5.41 Å². The van der Waals surface area contributed by atoms with Gasteiger partial charge in [0.2, 0.25) is 0 Å². The van der Waals surface area contributed by atoms with Crippen molar-refractivity contribution in [1.82, 2.24) is 0 Å². The summed E-state index contributed by atoms with van der Waals surface area (Å²) >= 11 is 0. The number of benzene rings is 3. The zero-order valence-electron chi connectivity index (χ0n) is 23.7. The molecule has 3 aromatic rings. The highest BCUT2D eigenvalue weighted by atomic mass is 16.5. The van der Waals surface area contributed by atoms with Crippen LogP contribution in [0.2, 0.25) is 0 Å². The fourth-order valence-electron chi connectivity index (χ4n) is 4.77. The van der Waals surface area contributed by atoms with Gasteiger partial charge in [0.05, 0.1) is 7.11 Å². The minimum atomic E-state index is -0.395. The topological polar surface area (TPSA) is 82.1 Å². The van der Waals surface area contributed by atoms with Crippen molar-refractivity contribution in [3.63, 3.8) is 0 Å². The number of hydrogen-bond acceptors (Lipinski definition) is 6. The first-order valence-corrected chi connectivity index (χ1v) is 13.5. The summed E-state index contributed by atoms with van der Waals surface area (Å²) < 4.78 is 16.5. The van der Waals surface area contributed by atoms with Crippen molar-refractivity contribution in [1.29, 1.82) is 0 Å². The van der Waals surface area contributed by atoms with Crippen molar-refractivity contribution in [3.05, 3.63) is 83.9 Å². The number of carbonyl (C=O) groups is 2. The maximum Gasteiger partial charge on any atom is 0.311 e. The monoisotopic (exact) mass is 532 g/mol. The minimum absolute atomic E-state index is 0.194. The van der Waals surface area contributed by atoms with E-state index in [0.717, 1.165) is 11.1 Å². The van der Waals surface area contributed by atoms with Gasteiger partial charge in [-0.3, -0.25) is 9.59 Å². The third-order valence-electron chi connectivity index (χ3n) is 7.09. The third-order valence-corrected chi connectivity index (χ3v) is 7.09. The van der Waals surface area contributed by atoms with Crippen LogP contribution < -0.4 is 14.2 Å². The highest BCUT2D eigenvalue weighted by Crippen LogP contribution is 2.44. The number of ether oxygens (including phenoxy) is 3. The van der Waals surface area contributed by atoms with Crippen LogP contribution in [-0.4, -0.2) is 24.2 Å². The number of hydrogen-bond donors (Lipinski definition) is 1. The van der Waals surface area contributed by atoms with E-state index in [4.69, 9.17) is 14.2 Å². The van der Waals surface area contributed by atoms with Crippen molar-refractivity contribution >= 4 is 11.9 Å². The Morgan fingerprint density at radius 3 is 1.56 bits per heavy atom. The first-order valence-electron chi connectivity index (χ1n) is 13.5. The molecule has 6 heteroatoms. The Kier molecular flexibility index (Phi) is 10.2. The summed E-state index contributed by atoms with van der Waals surface area (Å²) in [6, 6.07) is 21.8. The Balaban J connectivity index is 1.61. The molecule has 0 aliphatic carbocycles. The number of esters is 2. The number of carbonyl (C=O) groups excluding carboxylic acids is 2. The minimum Gasteiger partial charge on any atom is -0.508 e. The smallest absolute Gasteiger partial charge is 0.311 e. The van der Waals surface area contributed by atoms with Gasteiger partial charge in [-0.2, -0.15) is 0 Å². The van der Waals surface area contributed by atoms with Gasteiger partial charge in [0.25, 0.3) is 0 Å². The van der Waals surface area contributed by atoms with Crippen LogP contribution in [0.25, 0.3) is 0 Å². The van der Waals surface area contributed by atoms with Crippen molar-refractivity contribution in [2.45, 2.75) is 77.0 Å². The molecule has 0 saturated heterocycles. The number of phenolic OH excluding ortho intramolecular Hbond substituents is 1. The van der Waals surface area contributed by atoms with E-state index in [1.165, 1.54) is 0 Å². The summed E-state index contributed by atoms with van der Waals surface area (Å²) in [5, 5.41) is 11.1. The lowest BCUT2D eigenvalue weighted by molar-refractivity contribution is -0.135. The van der Waals surface area contributed by atoms with E-state index in [-0.39, 0.29) is 29.5 Å². The van der Waals surface area contributed by atoms with Gasteiger partial charge in [0.15, 0.2) is 0 Å². The zero-order valence-corrected chi connectivity index (χ0v) is 23.7. The second kappa shape index (κ2) is 13.3. The van der Waals surface area contributed by atoms with Gasteiger partial charge < -0.3 is 19.3 Å². The maximum atomic E-state index is 12.3. The van der Waals surface area contributed by atoms with Crippen LogP contribution >= 0.6 is 0 Å². The molecule has 0 radical (unpaired) electrons. The quantitative estimate of drug-likeness (QED) is 0.181. The van der Waals surface area contributed by atoms with Crippen LogP contribution in [0.15, 0.2) is 72.8 Å². The average Bonchev–Trinajstić information content (AvgIpc) is 2.89. The molecular formula is C33H40O6. The van der Waals surface area contributed by atoms with E-state index >= 15 is 0 Å². The zero-order chi connectivity index (χ0) is 28.5. The summed E-state index contributed by atoms with van der Waals surface area (Å²) in [4.78, 5) is 24.5. The molecule has 0 heterocycles. The van der Waals surface area contributed by atoms with Gasteiger partial charge in [0, 0.05) is 24.0 Å². The lowest BCUT2D eigenvalue weighted by Gasteiger charge is -2.31. The molecule has 39 heavy (non-hydrogen) atoms. The van der Waals surface area contributed by atoms with Gasteiger partial charge >= 0.3 is 11.9 Å². The SMILES string of the molecule is COc1cc(C(C)(C)CCCC(=O)Oc2ccccc2)c(O)cc1C(C)(C)CCCC(=O)Oc1ccccc1. The first kappa shape index (κ1) is 29.8. The van der Waals surface area contributed by atoms with Gasteiger partial charge in [-0.05, 0) is 72.9 Å². The number of para-hydroxylation sites is 2. The number of methoxy groups -OCH3 is 1. The highest BCUT2D eigenvalue weighted by molar-refractivity contribution is 5.72. The average molecular weight is 533 g/mol. The van der Waals surface area contributed by atoms with Crippen molar-refractivity contribution in [3.8, 4) is 23.0 Å². The summed E-state index contributed by atoms with van der Waals surface area (Å²) in [6.45, 7) is 8.26. The Morgan fingerprint density at radius 2 is 1.13 bits per heavy atom.